The van der Waals surface area contributed by atoms with E-state index in [0.29, 0.717) is 6.61 Å². The number of aliphatic hydroxyl groups excluding tert-OH is 3. The van der Waals surface area contributed by atoms with Crippen LogP contribution in [0.4, 0.5) is 0 Å². The Labute approximate surface area is 271 Å². The Morgan fingerprint density at radius 2 is 0.978 bits per heavy atom. The van der Waals surface area contributed by atoms with Gasteiger partial charge in [-0.05, 0) is 28.7 Å². The van der Waals surface area contributed by atoms with Crippen LogP contribution in [0.25, 0.3) is 0 Å². The largest absolute Gasteiger partial charge is 0.395 e. The molecular formula is C38H45NO7. The van der Waals surface area contributed by atoms with E-state index in [1.165, 1.54) is 0 Å². The van der Waals surface area contributed by atoms with Crippen LogP contribution in [-0.2, 0) is 45.4 Å². The number of nitrogens with one attached hydrogen (secondary N) is 1. The molecule has 1 aliphatic carbocycles. The van der Waals surface area contributed by atoms with Gasteiger partial charge in [0.25, 0.3) is 0 Å². The van der Waals surface area contributed by atoms with Gasteiger partial charge in [0.05, 0.1) is 52.3 Å². The molecule has 0 amide bonds. The fourth-order valence-corrected chi connectivity index (χ4v) is 6.00. The Morgan fingerprint density at radius 3 is 1.41 bits per heavy atom. The van der Waals surface area contributed by atoms with Crippen LogP contribution >= 0.6 is 0 Å². The van der Waals surface area contributed by atoms with Crippen molar-refractivity contribution in [1.29, 1.82) is 0 Å². The zero-order chi connectivity index (χ0) is 32.0. The third-order valence-electron chi connectivity index (χ3n) is 8.47. The van der Waals surface area contributed by atoms with E-state index in [1.54, 1.807) is 0 Å². The zero-order valence-corrected chi connectivity index (χ0v) is 26.1. The Bertz CT molecular complexity index is 1390. The highest BCUT2D eigenvalue weighted by molar-refractivity contribution is 5.18. The van der Waals surface area contributed by atoms with Crippen molar-refractivity contribution in [3.05, 3.63) is 144 Å². The molecule has 5 rings (SSSR count). The van der Waals surface area contributed by atoms with Gasteiger partial charge in [0.1, 0.15) is 23.9 Å². The average molecular weight is 628 g/mol. The molecule has 8 heteroatoms. The molecule has 244 valence electrons. The molecule has 4 aromatic carbocycles. The summed E-state index contributed by atoms with van der Waals surface area (Å²) in [5, 5.41) is 34.8. The Hall–Kier alpha value is -3.44. The molecule has 0 bridgehead atoms. The maximum absolute atomic E-state index is 11.2. The minimum absolute atomic E-state index is 0.240. The van der Waals surface area contributed by atoms with Crippen LogP contribution in [0.2, 0.25) is 0 Å². The van der Waals surface area contributed by atoms with Crippen molar-refractivity contribution in [1.82, 2.24) is 5.32 Å². The van der Waals surface area contributed by atoms with Gasteiger partial charge in [-0.1, -0.05) is 121 Å². The number of hydrogen-bond acceptors (Lipinski definition) is 8. The molecule has 0 aliphatic heterocycles. The van der Waals surface area contributed by atoms with Gasteiger partial charge in [-0.25, -0.2) is 0 Å². The van der Waals surface area contributed by atoms with Gasteiger partial charge >= 0.3 is 0 Å². The topological polar surface area (TPSA) is 110 Å². The van der Waals surface area contributed by atoms with Gasteiger partial charge in [0, 0.05) is 6.04 Å². The van der Waals surface area contributed by atoms with Crippen LogP contribution in [0.3, 0.4) is 0 Å². The van der Waals surface area contributed by atoms with E-state index in [9.17, 15) is 15.3 Å². The summed E-state index contributed by atoms with van der Waals surface area (Å²) in [6.07, 6.45) is -1.77. The quantitative estimate of drug-likeness (QED) is 0.136. The monoisotopic (exact) mass is 627 g/mol. The molecule has 1 fully saturated rings. The van der Waals surface area contributed by atoms with E-state index < -0.39 is 36.0 Å². The van der Waals surface area contributed by atoms with Crippen molar-refractivity contribution in [3.8, 4) is 0 Å². The van der Waals surface area contributed by atoms with Crippen molar-refractivity contribution in [2.24, 2.45) is 0 Å². The SMILES string of the molecule is OCC(CO)NC1CC(CO)(OCc2ccccc2)C(OCc2ccccc2)C(OCc2ccccc2)C1OCc1ccccc1. The molecule has 46 heavy (non-hydrogen) atoms. The van der Waals surface area contributed by atoms with Crippen molar-refractivity contribution < 1.29 is 34.3 Å². The molecule has 1 aliphatic rings. The van der Waals surface area contributed by atoms with E-state index in [4.69, 9.17) is 18.9 Å². The first-order valence-electron chi connectivity index (χ1n) is 15.9. The molecule has 5 atom stereocenters. The fourth-order valence-electron chi connectivity index (χ4n) is 6.00. The highest BCUT2D eigenvalue weighted by Crippen LogP contribution is 2.39. The second-order valence-corrected chi connectivity index (χ2v) is 11.8. The van der Waals surface area contributed by atoms with Crippen LogP contribution in [0.5, 0.6) is 0 Å². The first-order valence-corrected chi connectivity index (χ1v) is 15.9. The highest BCUT2D eigenvalue weighted by atomic mass is 16.6. The molecule has 4 N–H and O–H groups in total. The van der Waals surface area contributed by atoms with E-state index in [-0.39, 0.29) is 46.1 Å². The standard InChI is InChI=1S/C38H45NO7/c40-22-33(23-41)39-34-21-38(28-42,46-27-32-19-11-4-12-20-32)37(45-26-31-17-9-3-10-18-31)36(44-25-30-15-7-2-8-16-30)35(34)43-24-29-13-5-1-6-14-29/h1-20,33-37,39-42H,21-28H2. The molecule has 4 aromatic rings. The van der Waals surface area contributed by atoms with Crippen molar-refractivity contribution in [3.63, 3.8) is 0 Å². The summed E-state index contributed by atoms with van der Waals surface area (Å²) < 4.78 is 26.9. The lowest BCUT2D eigenvalue weighted by atomic mass is 9.75. The van der Waals surface area contributed by atoms with Gasteiger partial charge in [-0.15, -0.1) is 0 Å². The summed E-state index contributed by atoms with van der Waals surface area (Å²) in [4.78, 5) is 0. The number of aliphatic hydroxyl groups is 3. The van der Waals surface area contributed by atoms with Crippen LogP contribution in [-0.4, -0.2) is 71.1 Å². The third-order valence-corrected chi connectivity index (χ3v) is 8.47. The molecule has 0 radical (unpaired) electrons. The maximum Gasteiger partial charge on any atom is 0.122 e. The molecule has 8 nitrogen and oxygen atoms in total. The third kappa shape index (κ3) is 9.09. The second kappa shape index (κ2) is 17.5. The van der Waals surface area contributed by atoms with Crippen molar-refractivity contribution in [2.75, 3.05) is 19.8 Å². The minimum atomic E-state index is -1.22. The van der Waals surface area contributed by atoms with Gasteiger partial charge in [0.2, 0.25) is 0 Å². The maximum atomic E-state index is 11.2. The van der Waals surface area contributed by atoms with Gasteiger partial charge in [-0.2, -0.15) is 0 Å². The zero-order valence-electron chi connectivity index (χ0n) is 26.1. The van der Waals surface area contributed by atoms with E-state index in [0.717, 1.165) is 22.3 Å². The minimum Gasteiger partial charge on any atom is -0.395 e. The predicted octanol–water partition coefficient (Wildman–Crippen LogP) is 4.41. The van der Waals surface area contributed by atoms with E-state index in [1.807, 2.05) is 121 Å². The van der Waals surface area contributed by atoms with Crippen molar-refractivity contribution in [2.45, 2.75) is 68.8 Å². The van der Waals surface area contributed by atoms with Gasteiger partial charge in [-0.3, -0.25) is 0 Å². The normalized spacial score (nSPS) is 23.0. The number of rotatable bonds is 17. The smallest absolute Gasteiger partial charge is 0.122 e. The second-order valence-electron chi connectivity index (χ2n) is 11.8. The van der Waals surface area contributed by atoms with E-state index in [2.05, 4.69) is 5.32 Å². The first-order chi connectivity index (χ1) is 22.6. The summed E-state index contributed by atoms with van der Waals surface area (Å²) in [5.41, 5.74) is 2.68. The molecule has 0 heterocycles. The van der Waals surface area contributed by atoms with Crippen molar-refractivity contribution >= 4 is 0 Å². The molecule has 5 unspecified atom stereocenters. The Balaban J connectivity index is 1.54. The Morgan fingerprint density at radius 1 is 0.565 bits per heavy atom. The fraction of sp³-hybridized carbons (Fsp3) is 0.368. The summed E-state index contributed by atoms with van der Waals surface area (Å²) in [6, 6.07) is 38.3. The van der Waals surface area contributed by atoms with Crippen LogP contribution in [0, 0.1) is 0 Å². The van der Waals surface area contributed by atoms with Crippen LogP contribution < -0.4 is 5.32 Å². The number of ether oxygens (including phenoxy) is 4. The van der Waals surface area contributed by atoms with Crippen LogP contribution in [0.15, 0.2) is 121 Å². The molecule has 0 aromatic heterocycles. The summed E-state index contributed by atoms with van der Waals surface area (Å²) >= 11 is 0. The predicted molar refractivity (Wildman–Crippen MR) is 176 cm³/mol. The van der Waals surface area contributed by atoms with Gasteiger partial charge in [0.15, 0.2) is 0 Å². The summed E-state index contributed by atoms with van der Waals surface area (Å²) in [6.45, 7) is 0.184. The lowest BCUT2D eigenvalue weighted by molar-refractivity contribution is -0.269. The van der Waals surface area contributed by atoms with Crippen LogP contribution in [0.1, 0.15) is 28.7 Å². The lowest BCUT2D eigenvalue weighted by Crippen LogP contribution is -2.70. The number of hydrogen-bond donors (Lipinski definition) is 4. The first kappa shape index (κ1) is 33.9. The summed E-state index contributed by atoms with van der Waals surface area (Å²) in [7, 11) is 0. The molecule has 1 saturated carbocycles. The molecule has 0 saturated heterocycles. The molecule has 0 spiro atoms. The lowest BCUT2D eigenvalue weighted by Gasteiger charge is -2.52. The van der Waals surface area contributed by atoms with Gasteiger partial charge < -0.3 is 39.6 Å². The molecular weight excluding hydrogens is 582 g/mol. The summed E-state index contributed by atoms with van der Waals surface area (Å²) in [5.74, 6) is 0. The highest BCUT2D eigenvalue weighted by Gasteiger charge is 2.56. The van der Waals surface area contributed by atoms with E-state index >= 15 is 0 Å². The average Bonchev–Trinajstić information content (AvgIpc) is 3.12. The number of benzene rings is 4. The Kier molecular flexibility index (Phi) is 12.9.